The highest BCUT2D eigenvalue weighted by Crippen LogP contribution is 2.33. The molecule has 1 atom stereocenters. The molecule has 0 aliphatic carbocycles. The van der Waals surface area contributed by atoms with Gasteiger partial charge in [0.25, 0.3) is 21.6 Å². The lowest BCUT2D eigenvalue weighted by molar-refractivity contribution is -0.387. The third-order valence-electron chi connectivity index (χ3n) is 4.93. The molecule has 2 amide bonds. The van der Waals surface area contributed by atoms with E-state index in [-0.39, 0.29) is 29.8 Å². The van der Waals surface area contributed by atoms with E-state index in [4.69, 9.17) is 10.8 Å². The number of nitro groups is 1. The molecule has 13 heteroatoms. The number of carboxylic acid groups (broad SMARTS) is 1. The number of nitro benzene ring substituents is 1. The molecule has 0 saturated carbocycles. The molecule has 1 aliphatic heterocycles. The van der Waals surface area contributed by atoms with E-state index >= 15 is 0 Å². The number of aliphatic carboxylic acids is 1. The summed E-state index contributed by atoms with van der Waals surface area (Å²) in [6, 6.07) is 7.80. The molecule has 3 rings (SSSR count). The third-order valence-corrected chi connectivity index (χ3v) is 6.34. The van der Waals surface area contributed by atoms with E-state index in [0.29, 0.717) is 0 Å². The summed E-state index contributed by atoms with van der Waals surface area (Å²) in [5.41, 5.74) is 5.08. The van der Waals surface area contributed by atoms with Crippen molar-refractivity contribution in [2.45, 2.75) is 30.3 Å². The fourth-order valence-electron chi connectivity index (χ4n) is 3.45. The number of fused-ring (bicyclic) bond motifs is 1. The molecule has 0 bridgehead atoms. The van der Waals surface area contributed by atoms with Crippen LogP contribution in [0.4, 0.5) is 11.4 Å². The lowest BCUT2D eigenvalue weighted by Gasteiger charge is -2.24. The zero-order valence-electron chi connectivity index (χ0n) is 16.4. The van der Waals surface area contributed by atoms with Gasteiger partial charge in [0.15, 0.2) is 4.90 Å². The summed E-state index contributed by atoms with van der Waals surface area (Å²) in [4.78, 5) is 46.5. The summed E-state index contributed by atoms with van der Waals surface area (Å²) in [5.74, 6) is -2.67. The maximum absolute atomic E-state index is 12.9. The van der Waals surface area contributed by atoms with E-state index in [0.717, 1.165) is 17.0 Å². The first-order valence-electron chi connectivity index (χ1n) is 9.23. The number of amides is 2. The molecule has 168 valence electrons. The number of primary amides is 1. The normalized spacial score (nSPS) is 14.0. The molecular weight excluding hydrogens is 444 g/mol. The Morgan fingerprint density at radius 3 is 2.53 bits per heavy atom. The number of anilines is 1. The number of sulfonamides is 1. The van der Waals surface area contributed by atoms with Crippen LogP contribution >= 0.6 is 0 Å². The van der Waals surface area contributed by atoms with E-state index in [2.05, 4.69) is 4.72 Å². The van der Waals surface area contributed by atoms with Crippen molar-refractivity contribution < 1.29 is 32.8 Å². The van der Waals surface area contributed by atoms with Crippen molar-refractivity contribution in [3.63, 3.8) is 0 Å². The first-order valence-corrected chi connectivity index (χ1v) is 10.7. The third kappa shape index (κ3) is 4.37. The number of benzene rings is 2. The van der Waals surface area contributed by atoms with Crippen LogP contribution in [0.15, 0.2) is 47.4 Å². The molecular formula is C19H18N4O8S. The molecule has 1 heterocycles. The molecule has 0 fully saturated rings. The average Bonchev–Trinajstić information content (AvgIpc) is 3.05. The van der Waals surface area contributed by atoms with Crippen LogP contribution in [0, 0.1) is 10.1 Å². The standard InChI is InChI=1S/C19H18N4O8S/c20-18(26)15(8-9-17(24)25)22-10-12-11(19(22)27)4-3-5-13(12)21-32(30,31)16-7-2-1-6-14(16)23(28)29/h1-7,15,21H,8-10H2,(H2,20,26)(H,24,25). The van der Waals surface area contributed by atoms with Crippen LogP contribution < -0.4 is 10.5 Å². The molecule has 0 aromatic heterocycles. The summed E-state index contributed by atoms with van der Waals surface area (Å²) >= 11 is 0. The van der Waals surface area contributed by atoms with Gasteiger partial charge in [0.05, 0.1) is 10.6 Å². The molecule has 0 radical (unpaired) electrons. The zero-order valence-corrected chi connectivity index (χ0v) is 17.2. The van der Waals surface area contributed by atoms with Crippen molar-refractivity contribution in [2.75, 3.05) is 4.72 Å². The van der Waals surface area contributed by atoms with Crippen molar-refractivity contribution in [3.8, 4) is 0 Å². The van der Waals surface area contributed by atoms with E-state index in [1.54, 1.807) is 0 Å². The maximum Gasteiger partial charge on any atom is 0.303 e. The van der Waals surface area contributed by atoms with Gasteiger partial charge in [0.1, 0.15) is 6.04 Å². The highest BCUT2D eigenvalue weighted by Gasteiger charge is 2.37. The summed E-state index contributed by atoms with van der Waals surface area (Å²) in [5, 5.41) is 20.1. The molecule has 2 aromatic carbocycles. The van der Waals surface area contributed by atoms with E-state index in [9.17, 15) is 32.9 Å². The number of carbonyl (C=O) groups excluding carboxylic acids is 2. The van der Waals surface area contributed by atoms with Gasteiger partial charge in [0.2, 0.25) is 5.91 Å². The van der Waals surface area contributed by atoms with Gasteiger partial charge < -0.3 is 15.7 Å². The molecule has 2 aromatic rings. The number of nitrogens with two attached hydrogens (primary N) is 1. The van der Waals surface area contributed by atoms with Crippen LogP contribution in [0.3, 0.4) is 0 Å². The molecule has 4 N–H and O–H groups in total. The Hall–Kier alpha value is -4.00. The van der Waals surface area contributed by atoms with Gasteiger partial charge in [-0.05, 0) is 24.6 Å². The molecule has 12 nitrogen and oxygen atoms in total. The number of nitrogens with zero attached hydrogens (tertiary/aromatic N) is 2. The van der Waals surface area contributed by atoms with Crippen molar-refractivity contribution >= 4 is 39.2 Å². The second kappa shape index (κ2) is 8.63. The lowest BCUT2D eigenvalue weighted by Crippen LogP contribution is -2.45. The molecule has 0 spiro atoms. The Morgan fingerprint density at radius 2 is 1.91 bits per heavy atom. The Kier molecular flexibility index (Phi) is 6.11. The van der Waals surface area contributed by atoms with E-state index in [1.807, 2.05) is 0 Å². The quantitative estimate of drug-likeness (QED) is 0.364. The van der Waals surface area contributed by atoms with Gasteiger partial charge in [-0.1, -0.05) is 18.2 Å². The number of carboxylic acids is 1. The number of nitrogens with one attached hydrogen (secondary N) is 1. The number of rotatable bonds is 9. The largest absolute Gasteiger partial charge is 0.481 e. The average molecular weight is 462 g/mol. The van der Waals surface area contributed by atoms with Gasteiger partial charge in [-0.2, -0.15) is 0 Å². The molecule has 1 unspecified atom stereocenters. The molecule has 32 heavy (non-hydrogen) atoms. The van der Waals surface area contributed by atoms with Gasteiger partial charge >= 0.3 is 5.97 Å². The molecule has 1 aliphatic rings. The smallest absolute Gasteiger partial charge is 0.303 e. The topological polar surface area (TPSA) is 190 Å². The van der Waals surface area contributed by atoms with Crippen molar-refractivity contribution in [3.05, 3.63) is 63.7 Å². The van der Waals surface area contributed by atoms with Crippen LogP contribution in [0.5, 0.6) is 0 Å². The first-order chi connectivity index (χ1) is 15.0. The Morgan fingerprint density at radius 1 is 1.22 bits per heavy atom. The predicted octanol–water partition coefficient (Wildman–Crippen LogP) is 1.07. The fraction of sp³-hybridized carbons (Fsp3) is 0.211. The van der Waals surface area contributed by atoms with Crippen molar-refractivity contribution in [1.29, 1.82) is 0 Å². The zero-order chi connectivity index (χ0) is 23.6. The van der Waals surface area contributed by atoms with Gasteiger partial charge in [0, 0.05) is 30.2 Å². The van der Waals surface area contributed by atoms with Crippen molar-refractivity contribution in [2.24, 2.45) is 5.73 Å². The van der Waals surface area contributed by atoms with Crippen LogP contribution in [0.2, 0.25) is 0 Å². The van der Waals surface area contributed by atoms with Crippen LogP contribution in [-0.2, 0) is 26.2 Å². The highest BCUT2D eigenvalue weighted by atomic mass is 32.2. The minimum absolute atomic E-state index is 0.00189. The maximum atomic E-state index is 12.9. The van der Waals surface area contributed by atoms with Gasteiger partial charge in [-0.15, -0.1) is 0 Å². The van der Waals surface area contributed by atoms with E-state index < -0.39 is 55.8 Å². The van der Waals surface area contributed by atoms with Gasteiger partial charge in [-0.3, -0.25) is 29.2 Å². The number of para-hydroxylation sites is 1. The number of carbonyl (C=O) groups is 3. The van der Waals surface area contributed by atoms with Crippen LogP contribution in [-0.4, -0.2) is 47.2 Å². The fourth-order valence-corrected chi connectivity index (χ4v) is 4.71. The number of hydrogen-bond donors (Lipinski definition) is 3. The monoisotopic (exact) mass is 462 g/mol. The Balaban J connectivity index is 1.95. The summed E-state index contributed by atoms with van der Waals surface area (Å²) < 4.78 is 28.0. The van der Waals surface area contributed by atoms with Crippen LogP contribution in [0.25, 0.3) is 0 Å². The van der Waals surface area contributed by atoms with Crippen molar-refractivity contribution in [1.82, 2.24) is 4.90 Å². The minimum atomic E-state index is -4.39. The summed E-state index contributed by atoms with van der Waals surface area (Å²) in [7, 11) is -4.39. The van der Waals surface area contributed by atoms with Crippen LogP contribution in [0.1, 0.15) is 28.8 Å². The highest BCUT2D eigenvalue weighted by molar-refractivity contribution is 7.92. The summed E-state index contributed by atoms with van der Waals surface area (Å²) in [6.45, 7) is -0.197. The summed E-state index contributed by atoms with van der Waals surface area (Å²) in [6.07, 6.45) is -0.605. The predicted molar refractivity (Wildman–Crippen MR) is 110 cm³/mol. The minimum Gasteiger partial charge on any atom is -0.481 e. The number of hydrogen-bond acceptors (Lipinski definition) is 7. The Bertz CT molecular complexity index is 1230. The Labute approximate surface area is 181 Å². The lowest BCUT2D eigenvalue weighted by atomic mass is 10.1. The second-order valence-electron chi connectivity index (χ2n) is 6.95. The SMILES string of the molecule is NC(=O)C(CCC(=O)O)N1Cc2c(NS(=O)(=O)c3ccccc3[N+](=O)[O-])cccc2C1=O. The molecule has 0 saturated heterocycles. The van der Waals surface area contributed by atoms with E-state index in [1.165, 1.54) is 30.3 Å². The second-order valence-corrected chi connectivity index (χ2v) is 8.60. The van der Waals surface area contributed by atoms with Gasteiger partial charge in [-0.25, -0.2) is 8.42 Å². The first kappa shape index (κ1) is 22.7.